The lowest BCUT2D eigenvalue weighted by Gasteiger charge is -2.42. The van der Waals surface area contributed by atoms with E-state index in [0.29, 0.717) is 32.8 Å². The van der Waals surface area contributed by atoms with Crippen LogP contribution in [-0.4, -0.2) is 66.8 Å². The van der Waals surface area contributed by atoms with E-state index >= 15 is 0 Å². The molecule has 18 heavy (non-hydrogen) atoms. The number of carbonyl (C=O) groups is 2. The number of likely N-dealkylation sites (N-methyl/N-ethyl adjacent to an activating group) is 1. The maximum atomic E-state index is 11.9. The summed E-state index contributed by atoms with van der Waals surface area (Å²) in [5, 5.41) is 8.86. The molecule has 0 bridgehead atoms. The molecule has 6 heteroatoms. The predicted molar refractivity (Wildman–Crippen MR) is 66.4 cm³/mol. The number of carboxylic acid groups (broad SMARTS) is 1. The average molecular weight is 258 g/mol. The van der Waals surface area contributed by atoms with Crippen molar-refractivity contribution in [1.29, 1.82) is 0 Å². The molecule has 6 nitrogen and oxygen atoms in total. The minimum absolute atomic E-state index is 0.0523. The van der Waals surface area contributed by atoms with Crippen LogP contribution in [0.1, 0.15) is 13.8 Å². The molecule has 0 saturated carbocycles. The Hall–Kier alpha value is -1.30. The molecule has 104 valence electrons. The molecule has 0 aromatic heterocycles. The number of hydrogen-bond acceptors (Lipinski definition) is 3. The Labute approximate surface area is 107 Å². The van der Waals surface area contributed by atoms with E-state index in [-0.39, 0.29) is 17.9 Å². The van der Waals surface area contributed by atoms with Crippen LogP contribution in [0.25, 0.3) is 0 Å². The van der Waals surface area contributed by atoms with E-state index in [2.05, 4.69) is 0 Å². The minimum atomic E-state index is -0.795. The maximum Gasteiger partial charge on any atom is 0.319 e. The van der Waals surface area contributed by atoms with Crippen LogP contribution >= 0.6 is 0 Å². The van der Waals surface area contributed by atoms with Gasteiger partial charge in [-0.3, -0.25) is 4.79 Å². The van der Waals surface area contributed by atoms with Crippen molar-refractivity contribution in [3.63, 3.8) is 0 Å². The number of nitrogens with zero attached hydrogens (tertiary/aromatic N) is 2. The highest BCUT2D eigenvalue weighted by molar-refractivity contribution is 5.76. The molecule has 1 N–H and O–H groups in total. The van der Waals surface area contributed by atoms with E-state index in [9.17, 15) is 9.59 Å². The molecule has 1 atom stereocenters. The lowest BCUT2D eigenvalue weighted by Crippen LogP contribution is -2.57. The Bertz CT molecular complexity index is 302. The summed E-state index contributed by atoms with van der Waals surface area (Å²) >= 11 is 0. The first-order valence-corrected chi connectivity index (χ1v) is 6.28. The molecule has 0 aromatic rings. The third-order valence-electron chi connectivity index (χ3n) is 3.38. The lowest BCUT2D eigenvalue weighted by atomic mass is 9.87. The Balaban J connectivity index is 2.27. The second kappa shape index (κ2) is 6.58. The number of rotatable bonds is 6. The van der Waals surface area contributed by atoms with Gasteiger partial charge in [-0.15, -0.1) is 0 Å². The molecule has 1 heterocycles. The van der Waals surface area contributed by atoms with Gasteiger partial charge in [0.05, 0.1) is 12.5 Å². The van der Waals surface area contributed by atoms with Crippen molar-refractivity contribution in [2.24, 2.45) is 11.8 Å². The van der Waals surface area contributed by atoms with Crippen LogP contribution in [0.15, 0.2) is 0 Å². The van der Waals surface area contributed by atoms with Gasteiger partial charge in [0.1, 0.15) is 0 Å². The summed E-state index contributed by atoms with van der Waals surface area (Å²) in [6, 6.07) is -0.0523. The van der Waals surface area contributed by atoms with Crippen molar-refractivity contribution < 1.29 is 19.4 Å². The smallest absolute Gasteiger partial charge is 0.319 e. The summed E-state index contributed by atoms with van der Waals surface area (Å²) in [5.41, 5.74) is 0. The second-order valence-corrected chi connectivity index (χ2v) is 4.69. The first-order chi connectivity index (χ1) is 8.47. The lowest BCUT2D eigenvalue weighted by molar-refractivity contribution is -0.144. The molecule has 0 aromatic carbocycles. The number of aliphatic carboxylic acids is 1. The molecule has 1 aliphatic heterocycles. The molecule has 1 rings (SSSR count). The van der Waals surface area contributed by atoms with Crippen LogP contribution in [0, 0.1) is 11.8 Å². The molecule has 1 saturated heterocycles. The van der Waals surface area contributed by atoms with Gasteiger partial charge in [0, 0.05) is 39.2 Å². The number of ether oxygens (including phenoxy) is 1. The Morgan fingerprint density at radius 3 is 2.61 bits per heavy atom. The highest BCUT2D eigenvalue weighted by Gasteiger charge is 2.38. The highest BCUT2D eigenvalue weighted by atomic mass is 16.5. The van der Waals surface area contributed by atoms with Crippen LogP contribution in [0.2, 0.25) is 0 Å². The molecule has 0 aliphatic carbocycles. The molecule has 1 aliphatic rings. The number of carboxylic acids is 1. The maximum absolute atomic E-state index is 11.9. The fourth-order valence-corrected chi connectivity index (χ4v) is 1.87. The standard InChI is InChI=1S/C12H22N2O4/c1-4-18-6-5-13(3)12(17)14-7-10(8-14)9(2)11(15)16/h9-10H,4-8H2,1-3H3,(H,15,16). The second-order valence-electron chi connectivity index (χ2n) is 4.69. The fraction of sp³-hybridized carbons (Fsp3) is 0.833. The topological polar surface area (TPSA) is 70.1 Å². The summed E-state index contributed by atoms with van der Waals surface area (Å²) in [5.74, 6) is -1.11. The van der Waals surface area contributed by atoms with Gasteiger partial charge in [-0.05, 0) is 6.92 Å². The molecule has 0 spiro atoms. The van der Waals surface area contributed by atoms with Crippen LogP contribution in [0.5, 0.6) is 0 Å². The third-order valence-corrected chi connectivity index (χ3v) is 3.38. The average Bonchev–Trinajstić information content (AvgIpc) is 2.26. The van der Waals surface area contributed by atoms with Crippen molar-refractivity contribution >= 4 is 12.0 Å². The summed E-state index contributed by atoms with van der Waals surface area (Å²) in [4.78, 5) is 26.0. The normalized spacial score (nSPS) is 17.2. The molecule has 1 unspecified atom stereocenters. The molecule has 0 radical (unpaired) electrons. The SMILES string of the molecule is CCOCCN(C)C(=O)N1CC(C(C)C(=O)O)C1. The van der Waals surface area contributed by atoms with Gasteiger partial charge in [0.25, 0.3) is 0 Å². The number of likely N-dealkylation sites (tertiary alicyclic amines) is 1. The summed E-state index contributed by atoms with van der Waals surface area (Å²) in [7, 11) is 1.73. The molecule has 1 fully saturated rings. The fourth-order valence-electron chi connectivity index (χ4n) is 1.87. The molecular weight excluding hydrogens is 236 g/mol. The molecule has 2 amide bonds. The number of urea groups is 1. The zero-order valence-corrected chi connectivity index (χ0v) is 11.3. The van der Waals surface area contributed by atoms with E-state index in [1.165, 1.54) is 0 Å². The van der Waals surface area contributed by atoms with Crippen molar-refractivity contribution in [3.8, 4) is 0 Å². The first kappa shape index (κ1) is 14.8. The third kappa shape index (κ3) is 3.60. The van der Waals surface area contributed by atoms with E-state index < -0.39 is 5.97 Å². The van der Waals surface area contributed by atoms with Gasteiger partial charge in [-0.1, -0.05) is 6.92 Å². The summed E-state index contributed by atoms with van der Waals surface area (Å²) in [6.07, 6.45) is 0. The quantitative estimate of drug-likeness (QED) is 0.713. The van der Waals surface area contributed by atoms with Gasteiger partial charge in [-0.25, -0.2) is 4.79 Å². The zero-order chi connectivity index (χ0) is 13.7. The van der Waals surface area contributed by atoms with Gasteiger partial charge in [0.2, 0.25) is 0 Å². The predicted octanol–water partition coefficient (Wildman–Crippen LogP) is 0.727. The zero-order valence-electron chi connectivity index (χ0n) is 11.3. The van der Waals surface area contributed by atoms with Crippen LogP contribution in [0.3, 0.4) is 0 Å². The van der Waals surface area contributed by atoms with Crippen LogP contribution < -0.4 is 0 Å². The number of hydrogen-bond donors (Lipinski definition) is 1. The van der Waals surface area contributed by atoms with Gasteiger partial charge >= 0.3 is 12.0 Å². The first-order valence-electron chi connectivity index (χ1n) is 6.28. The van der Waals surface area contributed by atoms with Crippen molar-refractivity contribution in [1.82, 2.24) is 9.80 Å². The Kier molecular flexibility index (Phi) is 5.40. The number of amides is 2. The van der Waals surface area contributed by atoms with Crippen molar-refractivity contribution in [2.45, 2.75) is 13.8 Å². The van der Waals surface area contributed by atoms with Crippen molar-refractivity contribution in [3.05, 3.63) is 0 Å². The van der Waals surface area contributed by atoms with E-state index in [1.54, 1.807) is 23.8 Å². The minimum Gasteiger partial charge on any atom is -0.481 e. The van der Waals surface area contributed by atoms with E-state index in [1.807, 2.05) is 6.92 Å². The van der Waals surface area contributed by atoms with Gasteiger partial charge in [-0.2, -0.15) is 0 Å². The largest absolute Gasteiger partial charge is 0.481 e. The Morgan fingerprint density at radius 1 is 1.50 bits per heavy atom. The van der Waals surface area contributed by atoms with E-state index in [4.69, 9.17) is 9.84 Å². The van der Waals surface area contributed by atoms with Crippen LogP contribution in [-0.2, 0) is 9.53 Å². The summed E-state index contributed by atoms with van der Waals surface area (Å²) in [6.45, 7) is 6.40. The monoisotopic (exact) mass is 258 g/mol. The van der Waals surface area contributed by atoms with Crippen LogP contribution in [0.4, 0.5) is 4.79 Å². The summed E-state index contributed by atoms with van der Waals surface area (Å²) < 4.78 is 5.19. The van der Waals surface area contributed by atoms with E-state index in [0.717, 1.165) is 0 Å². The number of carbonyl (C=O) groups excluding carboxylic acids is 1. The highest BCUT2D eigenvalue weighted by Crippen LogP contribution is 2.24. The molecular formula is C12H22N2O4. The van der Waals surface area contributed by atoms with Gasteiger partial charge in [0.15, 0.2) is 0 Å². The Morgan fingerprint density at radius 2 is 2.11 bits per heavy atom. The van der Waals surface area contributed by atoms with Gasteiger partial charge < -0.3 is 19.6 Å². The van der Waals surface area contributed by atoms with Crippen molar-refractivity contribution in [2.75, 3.05) is 39.9 Å².